The second-order valence-corrected chi connectivity index (χ2v) is 5.39. The van der Waals surface area contributed by atoms with Crippen LogP contribution in [0.25, 0.3) is 0 Å². The van der Waals surface area contributed by atoms with E-state index in [1.165, 1.54) is 12.8 Å². The summed E-state index contributed by atoms with van der Waals surface area (Å²) in [7, 11) is 8.40. The van der Waals surface area contributed by atoms with Gasteiger partial charge in [-0.05, 0) is 79.8 Å². The van der Waals surface area contributed by atoms with E-state index in [0.29, 0.717) is 5.92 Å². The molecule has 0 aliphatic carbocycles. The van der Waals surface area contributed by atoms with Crippen LogP contribution in [0.2, 0.25) is 0 Å². The highest BCUT2D eigenvalue weighted by atomic mass is 16.3. The van der Waals surface area contributed by atoms with Crippen molar-refractivity contribution in [1.82, 2.24) is 16.0 Å². The lowest BCUT2D eigenvalue weighted by atomic mass is 9.92. The van der Waals surface area contributed by atoms with Gasteiger partial charge in [0.1, 0.15) is 0 Å². The molecule has 0 aliphatic rings. The van der Waals surface area contributed by atoms with Crippen LogP contribution in [0, 0.1) is 5.92 Å². The molecule has 0 amide bonds. The summed E-state index contributed by atoms with van der Waals surface area (Å²) in [5.41, 5.74) is 0. The van der Waals surface area contributed by atoms with Gasteiger partial charge in [-0.25, -0.2) is 0 Å². The summed E-state index contributed by atoms with van der Waals surface area (Å²) in [6.07, 6.45) is 4.49. The zero-order valence-electron chi connectivity index (χ0n) is 12.4. The zero-order chi connectivity index (χ0) is 12.6. The fourth-order valence-electron chi connectivity index (χ4n) is 1.97. The first kappa shape index (κ1) is 19.2. The monoisotopic (exact) mass is 247 g/mol. The molecule has 0 aromatic heterocycles. The molecule has 0 aromatic rings. The minimum absolute atomic E-state index is 0. The van der Waals surface area contributed by atoms with E-state index in [0.717, 1.165) is 25.9 Å². The van der Waals surface area contributed by atoms with Crippen LogP contribution in [0.3, 0.4) is 0 Å². The van der Waals surface area contributed by atoms with Crippen molar-refractivity contribution in [3.05, 3.63) is 0 Å². The standard InChI is InChI=1S/C13H30N2O.H3N/c1-12(16)13(8-6-10-14(2)3)9-7-11-15(4)5;/h12-13,16H,6-11H2,1-5H3;1H3. The van der Waals surface area contributed by atoms with E-state index in [4.69, 9.17) is 0 Å². The summed E-state index contributed by atoms with van der Waals surface area (Å²) in [5.74, 6) is 0.472. The molecule has 0 spiro atoms. The number of hydrogen-bond acceptors (Lipinski definition) is 4. The van der Waals surface area contributed by atoms with Crippen molar-refractivity contribution >= 4 is 0 Å². The van der Waals surface area contributed by atoms with Gasteiger partial charge in [0.25, 0.3) is 0 Å². The number of aliphatic hydroxyl groups excluding tert-OH is 1. The molecule has 17 heavy (non-hydrogen) atoms. The molecule has 0 saturated carbocycles. The lowest BCUT2D eigenvalue weighted by Gasteiger charge is -2.21. The number of aliphatic hydroxyl groups is 1. The molecule has 0 bridgehead atoms. The molecular formula is C13H33N3O. The van der Waals surface area contributed by atoms with Gasteiger partial charge in [-0.15, -0.1) is 0 Å². The van der Waals surface area contributed by atoms with Crippen molar-refractivity contribution in [3.63, 3.8) is 0 Å². The van der Waals surface area contributed by atoms with E-state index in [9.17, 15) is 5.11 Å². The Hall–Kier alpha value is -0.160. The normalized spacial score (nSPS) is 13.2. The van der Waals surface area contributed by atoms with Crippen molar-refractivity contribution in [3.8, 4) is 0 Å². The fourth-order valence-corrected chi connectivity index (χ4v) is 1.97. The van der Waals surface area contributed by atoms with E-state index in [1.807, 2.05) is 6.92 Å². The number of nitrogens with zero attached hydrogens (tertiary/aromatic N) is 2. The first-order chi connectivity index (χ1) is 7.43. The molecule has 4 N–H and O–H groups in total. The van der Waals surface area contributed by atoms with Gasteiger partial charge in [0.15, 0.2) is 0 Å². The van der Waals surface area contributed by atoms with Gasteiger partial charge in [-0.3, -0.25) is 0 Å². The summed E-state index contributed by atoms with van der Waals surface area (Å²) in [6.45, 7) is 4.17. The second kappa shape index (κ2) is 11.0. The van der Waals surface area contributed by atoms with Crippen molar-refractivity contribution in [2.45, 2.75) is 38.7 Å². The van der Waals surface area contributed by atoms with E-state index in [2.05, 4.69) is 38.0 Å². The van der Waals surface area contributed by atoms with Crippen LogP contribution in [0.5, 0.6) is 0 Å². The topological polar surface area (TPSA) is 61.7 Å². The maximum atomic E-state index is 9.72. The summed E-state index contributed by atoms with van der Waals surface area (Å²) < 4.78 is 0. The lowest BCUT2D eigenvalue weighted by Crippen LogP contribution is -2.21. The van der Waals surface area contributed by atoms with Crippen LogP contribution >= 0.6 is 0 Å². The third-order valence-electron chi connectivity index (χ3n) is 3.04. The van der Waals surface area contributed by atoms with Gasteiger partial charge in [0.05, 0.1) is 6.10 Å². The Morgan fingerprint density at radius 2 is 1.24 bits per heavy atom. The molecule has 0 rings (SSSR count). The first-order valence-corrected chi connectivity index (χ1v) is 6.41. The smallest absolute Gasteiger partial charge is 0.0540 e. The Labute approximate surface area is 108 Å². The van der Waals surface area contributed by atoms with Gasteiger partial charge in [0, 0.05) is 0 Å². The largest absolute Gasteiger partial charge is 0.393 e. The summed E-state index contributed by atoms with van der Waals surface area (Å²) >= 11 is 0. The fraction of sp³-hybridized carbons (Fsp3) is 1.00. The molecule has 0 aromatic carbocycles. The molecule has 0 saturated heterocycles. The molecule has 0 fully saturated rings. The zero-order valence-corrected chi connectivity index (χ0v) is 12.4. The van der Waals surface area contributed by atoms with Crippen LogP contribution in [0.4, 0.5) is 0 Å². The molecule has 0 aliphatic heterocycles. The van der Waals surface area contributed by atoms with E-state index in [1.54, 1.807) is 0 Å². The van der Waals surface area contributed by atoms with Gasteiger partial charge in [-0.1, -0.05) is 0 Å². The SMILES string of the molecule is CC(O)C(CCCN(C)C)CCCN(C)C.N. The number of hydrogen-bond donors (Lipinski definition) is 2. The molecule has 1 unspecified atom stereocenters. The van der Waals surface area contributed by atoms with Crippen molar-refractivity contribution in [2.24, 2.45) is 5.92 Å². The first-order valence-electron chi connectivity index (χ1n) is 6.41. The molecule has 1 atom stereocenters. The second-order valence-electron chi connectivity index (χ2n) is 5.39. The average molecular weight is 247 g/mol. The molecule has 0 heterocycles. The summed E-state index contributed by atoms with van der Waals surface area (Å²) in [4.78, 5) is 4.41. The van der Waals surface area contributed by atoms with Crippen LogP contribution < -0.4 is 6.15 Å². The minimum atomic E-state index is -0.163. The van der Waals surface area contributed by atoms with E-state index >= 15 is 0 Å². The van der Waals surface area contributed by atoms with Crippen LogP contribution in [0.15, 0.2) is 0 Å². The molecule has 4 nitrogen and oxygen atoms in total. The summed E-state index contributed by atoms with van der Waals surface area (Å²) in [6, 6.07) is 0. The van der Waals surface area contributed by atoms with Gasteiger partial charge in [0.2, 0.25) is 0 Å². The predicted octanol–water partition coefficient (Wildman–Crippen LogP) is 1.83. The molecular weight excluding hydrogens is 214 g/mol. The third-order valence-corrected chi connectivity index (χ3v) is 3.04. The number of rotatable bonds is 9. The van der Waals surface area contributed by atoms with E-state index < -0.39 is 0 Å². The van der Waals surface area contributed by atoms with Crippen molar-refractivity contribution < 1.29 is 5.11 Å². The quantitative estimate of drug-likeness (QED) is 0.652. The maximum absolute atomic E-state index is 9.72. The molecule has 4 heteroatoms. The summed E-state index contributed by atoms with van der Waals surface area (Å²) in [5, 5.41) is 9.72. The van der Waals surface area contributed by atoms with Crippen LogP contribution in [-0.4, -0.2) is 62.3 Å². The predicted molar refractivity (Wildman–Crippen MR) is 75.8 cm³/mol. The maximum Gasteiger partial charge on any atom is 0.0540 e. The van der Waals surface area contributed by atoms with E-state index in [-0.39, 0.29) is 12.3 Å². The Kier molecular flexibility index (Phi) is 12.4. The highest BCUT2D eigenvalue weighted by Gasteiger charge is 2.14. The Morgan fingerprint density at radius 1 is 0.882 bits per heavy atom. The van der Waals surface area contributed by atoms with Crippen molar-refractivity contribution in [1.29, 1.82) is 0 Å². The van der Waals surface area contributed by atoms with Gasteiger partial charge >= 0.3 is 0 Å². The minimum Gasteiger partial charge on any atom is -0.393 e. The molecule has 0 radical (unpaired) electrons. The van der Waals surface area contributed by atoms with Crippen LogP contribution in [-0.2, 0) is 0 Å². The Bertz CT molecular complexity index is 147. The molecule has 106 valence electrons. The highest BCUT2D eigenvalue weighted by Crippen LogP contribution is 2.18. The Balaban J connectivity index is 0. The van der Waals surface area contributed by atoms with Crippen LogP contribution in [0.1, 0.15) is 32.6 Å². The van der Waals surface area contributed by atoms with Crippen molar-refractivity contribution in [2.75, 3.05) is 41.3 Å². The third kappa shape index (κ3) is 12.1. The Morgan fingerprint density at radius 3 is 1.47 bits per heavy atom. The lowest BCUT2D eigenvalue weighted by molar-refractivity contribution is 0.108. The van der Waals surface area contributed by atoms with Gasteiger partial charge in [-0.2, -0.15) is 0 Å². The van der Waals surface area contributed by atoms with Gasteiger partial charge < -0.3 is 21.1 Å². The highest BCUT2D eigenvalue weighted by molar-refractivity contribution is 4.66. The average Bonchev–Trinajstić information content (AvgIpc) is 2.14.